The van der Waals surface area contributed by atoms with E-state index < -0.39 is 6.10 Å². The molecule has 0 amide bonds. The number of aliphatic hydroxyl groups excluding tert-OH is 1. The van der Waals surface area contributed by atoms with E-state index in [0.29, 0.717) is 34.3 Å². The summed E-state index contributed by atoms with van der Waals surface area (Å²) >= 11 is 6.14. The number of methoxy groups -OCH3 is 2. The molecular formula is C15H17ClN2O3. The van der Waals surface area contributed by atoms with Gasteiger partial charge in [-0.1, -0.05) is 11.6 Å². The van der Waals surface area contributed by atoms with E-state index in [2.05, 4.69) is 4.98 Å². The Bertz CT molecular complexity index is 634. The predicted octanol–water partition coefficient (Wildman–Crippen LogP) is 2.61. The fourth-order valence-corrected chi connectivity index (χ4v) is 2.39. The van der Waals surface area contributed by atoms with E-state index >= 15 is 0 Å². The number of nitrogens with two attached hydrogens (primary N) is 1. The lowest BCUT2D eigenvalue weighted by Gasteiger charge is -2.16. The van der Waals surface area contributed by atoms with Gasteiger partial charge in [-0.15, -0.1) is 0 Å². The predicted molar refractivity (Wildman–Crippen MR) is 81.9 cm³/mol. The van der Waals surface area contributed by atoms with Crippen molar-refractivity contribution in [3.63, 3.8) is 0 Å². The van der Waals surface area contributed by atoms with E-state index in [1.54, 1.807) is 24.4 Å². The van der Waals surface area contributed by atoms with E-state index in [0.717, 1.165) is 5.56 Å². The highest BCUT2D eigenvalue weighted by Crippen LogP contribution is 2.38. The van der Waals surface area contributed by atoms with Crippen LogP contribution in [0.1, 0.15) is 17.2 Å². The zero-order valence-electron chi connectivity index (χ0n) is 11.8. The van der Waals surface area contributed by atoms with Crippen LogP contribution in [0.4, 0.5) is 5.82 Å². The van der Waals surface area contributed by atoms with Gasteiger partial charge in [-0.3, -0.25) is 0 Å². The van der Waals surface area contributed by atoms with Crippen LogP contribution in [-0.4, -0.2) is 24.3 Å². The highest BCUT2D eigenvalue weighted by molar-refractivity contribution is 6.32. The molecule has 1 aromatic carbocycles. The Morgan fingerprint density at radius 2 is 2.05 bits per heavy atom. The van der Waals surface area contributed by atoms with Gasteiger partial charge in [-0.2, -0.15) is 0 Å². The lowest BCUT2D eigenvalue weighted by atomic mass is 10.0. The summed E-state index contributed by atoms with van der Waals surface area (Å²) in [7, 11) is 3.04. The third-order valence-electron chi connectivity index (χ3n) is 3.12. The first-order chi connectivity index (χ1) is 10.0. The zero-order valence-corrected chi connectivity index (χ0v) is 12.6. The van der Waals surface area contributed by atoms with Crippen molar-refractivity contribution in [2.45, 2.75) is 12.5 Å². The molecule has 1 heterocycles. The van der Waals surface area contributed by atoms with Crippen LogP contribution in [0.15, 0.2) is 30.5 Å². The van der Waals surface area contributed by atoms with E-state index in [-0.39, 0.29) is 0 Å². The summed E-state index contributed by atoms with van der Waals surface area (Å²) in [5, 5.41) is 10.7. The summed E-state index contributed by atoms with van der Waals surface area (Å²) < 4.78 is 10.4. The average molecular weight is 309 g/mol. The van der Waals surface area contributed by atoms with Gasteiger partial charge in [0.05, 0.1) is 25.3 Å². The third kappa shape index (κ3) is 3.56. The van der Waals surface area contributed by atoms with Crippen LogP contribution in [-0.2, 0) is 6.42 Å². The monoisotopic (exact) mass is 308 g/mol. The van der Waals surface area contributed by atoms with Gasteiger partial charge >= 0.3 is 0 Å². The largest absolute Gasteiger partial charge is 0.493 e. The molecule has 3 N–H and O–H groups in total. The first kappa shape index (κ1) is 15.4. The van der Waals surface area contributed by atoms with Gasteiger partial charge in [0, 0.05) is 12.6 Å². The molecule has 6 heteroatoms. The Labute approximate surface area is 128 Å². The second-order valence-electron chi connectivity index (χ2n) is 4.55. The second kappa shape index (κ2) is 6.65. The van der Waals surface area contributed by atoms with E-state index in [4.69, 9.17) is 26.8 Å². The van der Waals surface area contributed by atoms with Gasteiger partial charge in [0.1, 0.15) is 5.82 Å². The molecule has 0 radical (unpaired) electrons. The van der Waals surface area contributed by atoms with Gasteiger partial charge < -0.3 is 20.3 Å². The van der Waals surface area contributed by atoms with Crippen molar-refractivity contribution in [2.24, 2.45) is 0 Å². The lowest BCUT2D eigenvalue weighted by Crippen LogP contribution is -2.04. The number of hydrogen-bond donors (Lipinski definition) is 2. The summed E-state index contributed by atoms with van der Waals surface area (Å²) in [4.78, 5) is 3.92. The van der Waals surface area contributed by atoms with Crippen LogP contribution in [0.2, 0.25) is 5.02 Å². The summed E-state index contributed by atoms with van der Waals surface area (Å²) in [5.74, 6) is 1.35. The smallest absolute Gasteiger partial charge is 0.179 e. The van der Waals surface area contributed by atoms with Crippen LogP contribution in [0.3, 0.4) is 0 Å². The number of ether oxygens (including phenoxy) is 2. The number of pyridine rings is 1. The van der Waals surface area contributed by atoms with Crippen molar-refractivity contribution in [1.29, 1.82) is 0 Å². The summed E-state index contributed by atoms with van der Waals surface area (Å²) in [6, 6.07) is 6.91. The Balaban J connectivity index is 2.27. The van der Waals surface area contributed by atoms with Crippen LogP contribution < -0.4 is 15.2 Å². The normalized spacial score (nSPS) is 12.0. The number of halogens is 1. The van der Waals surface area contributed by atoms with Gasteiger partial charge in [0.25, 0.3) is 0 Å². The quantitative estimate of drug-likeness (QED) is 0.888. The second-order valence-corrected chi connectivity index (χ2v) is 4.95. The highest BCUT2D eigenvalue weighted by Gasteiger charge is 2.16. The van der Waals surface area contributed by atoms with Crippen molar-refractivity contribution >= 4 is 17.4 Å². The number of nitrogens with zero attached hydrogens (tertiary/aromatic N) is 1. The molecule has 0 spiro atoms. The molecule has 0 aliphatic rings. The number of benzene rings is 1. The van der Waals surface area contributed by atoms with Crippen LogP contribution in [0.25, 0.3) is 0 Å². The minimum absolute atomic E-state index is 0.389. The molecule has 21 heavy (non-hydrogen) atoms. The lowest BCUT2D eigenvalue weighted by molar-refractivity contribution is 0.178. The first-order valence-electron chi connectivity index (χ1n) is 6.35. The Morgan fingerprint density at radius 1 is 1.29 bits per heavy atom. The van der Waals surface area contributed by atoms with Gasteiger partial charge in [-0.25, -0.2) is 4.98 Å². The van der Waals surface area contributed by atoms with Crippen molar-refractivity contribution in [2.75, 3.05) is 20.0 Å². The highest BCUT2D eigenvalue weighted by atomic mass is 35.5. The molecule has 0 bridgehead atoms. The van der Waals surface area contributed by atoms with E-state index in [9.17, 15) is 5.11 Å². The van der Waals surface area contributed by atoms with Crippen molar-refractivity contribution in [3.05, 3.63) is 46.6 Å². The number of nitrogen functional groups attached to an aromatic ring is 1. The molecule has 0 saturated carbocycles. The number of rotatable bonds is 5. The summed E-state index contributed by atoms with van der Waals surface area (Å²) in [5.41, 5.74) is 7.17. The van der Waals surface area contributed by atoms with Crippen LogP contribution >= 0.6 is 11.6 Å². The third-order valence-corrected chi connectivity index (χ3v) is 3.40. The van der Waals surface area contributed by atoms with E-state index in [1.165, 1.54) is 14.2 Å². The topological polar surface area (TPSA) is 77.6 Å². The van der Waals surface area contributed by atoms with Gasteiger partial charge in [0.2, 0.25) is 0 Å². The number of aromatic nitrogens is 1. The summed E-state index contributed by atoms with van der Waals surface area (Å²) in [6.45, 7) is 0. The van der Waals surface area contributed by atoms with Crippen molar-refractivity contribution in [1.82, 2.24) is 4.98 Å². The van der Waals surface area contributed by atoms with Crippen molar-refractivity contribution in [3.8, 4) is 11.5 Å². The molecule has 0 fully saturated rings. The zero-order chi connectivity index (χ0) is 15.4. The molecule has 0 aliphatic carbocycles. The molecule has 1 unspecified atom stereocenters. The maximum atomic E-state index is 10.4. The number of aliphatic hydroxyl groups is 1. The molecule has 1 aromatic heterocycles. The Hall–Kier alpha value is -1.98. The van der Waals surface area contributed by atoms with Crippen molar-refractivity contribution < 1.29 is 14.6 Å². The van der Waals surface area contributed by atoms with Gasteiger partial charge in [-0.05, 0) is 35.4 Å². The number of anilines is 1. The molecule has 0 saturated heterocycles. The average Bonchev–Trinajstić information content (AvgIpc) is 2.46. The maximum absolute atomic E-state index is 10.4. The minimum atomic E-state index is -0.732. The maximum Gasteiger partial charge on any atom is 0.179 e. The first-order valence-corrected chi connectivity index (χ1v) is 6.72. The fraction of sp³-hybridized carbons (Fsp3) is 0.267. The van der Waals surface area contributed by atoms with Crippen LogP contribution in [0.5, 0.6) is 11.5 Å². The van der Waals surface area contributed by atoms with E-state index in [1.807, 2.05) is 6.07 Å². The molecule has 0 aliphatic heterocycles. The van der Waals surface area contributed by atoms with Crippen LogP contribution in [0, 0.1) is 0 Å². The summed E-state index contributed by atoms with van der Waals surface area (Å²) in [6.07, 6.45) is 1.28. The molecule has 2 rings (SSSR count). The van der Waals surface area contributed by atoms with Gasteiger partial charge in [0.15, 0.2) is 11.5 Å². The standard InChI is InChI=1S/C15H17ClN2O3/c1-20-13-8-10(7-11(16)15(13)21-2)12(19)5-9-3-4-18-14(17)6-9/h3-4,6-8,12,19H,5H2,1-2H3,(H2,17,18). The number of hydrogen-bond acceptors (Lipinski definition) is 5. The molecular weight excluding hydrogens is 292 g/mol. The minimum Gasteiger partial charge on any atom is -0.493 e. The molecule has 5 nitrogen and oxygen atoms in total. The fourth-order valence-electron chi connectivity index (χ4n) is 2.09. The Kier molecular flexibility index (Phi) is 4.88. The molecule has 2 aromatic rings. The SMILES string of the molecule is COc1cc(C(O)Cc2ccnc(N)c2)cc(Cl)c1OC. The molecule has 112 valence electrons. The Morgan fingerprint density at radius 3 is 2.67 bits per heavy atom. The molecule has 1 atom stereocenters.